The molecule has 2 unspecified atom stereocenters. The van der Waals surface area contributed by atoms with E-state index in [1.165, 1.54) is 0 Å². The van der Waals surface area contributed by atoms with Crippen molar-refractivity contribution < 1.29 is 47.6 Å². The van der Waals surface area contributed by atoms with E-state index >= 15 is 0 Å². The van der Waals surface area contributed by atoms with Crippen LogP contribution < -0.4 is 29.6 Å². The molecule has 0 amide bonds. The fourth-order valence-corrected chi connectivity index (χ4v) is 3.50. The van der Waals surface area contributed by atoms with Gasteiger partial charge in [-0.25, -0.2) is 8.42 Å². The third kappa shape index (κ3) is 14.5. The molecule has 22 heavy (non-hydrogen) atoms. The molecule has 0 heterocycles. The van der Waals surface area contributed by atoms with E-state index in [1.807, 2.05) is 0 Å². The average Bonchev–Trinajstić information content (AvgIpc) is 2.41. The van der Waals surface area contributed by atoms with Gasteiger partial charge in [0.25, 0.3) is 0 Å². The van der Waals surface area contributed by atoms with Crippen LogP contribution >= 0.6 is 0 Å². The van der Waals surface area contributed by atoms with Gasteiger partial charge in [-0.1, -0.05) is 71.6 Å². The molecular weight excluding hydrogens is 311 g/mol. The predicted molar refractivity (Wildman–Crippen MR) is 86.2 cm³/mol. The Bertz CT molecular complexity index is 333. The quantitative estimate of drug-likeness (QED) is 0.290. The van der Waals surface area contributed by atoms with Crippen molar-refractivity contribution in [2.24, 2.45) is 0 Å². The van der Waals surface area contributed by atoms with Crippen molar-refractivity contribution in [2.75, 3.05) is 0 Å². The number of hydrogen-bond acceptors (Lipinski definition) is 4. The smallest absolute Gasteiger partial charge is 0.748 e. The Labute approximate surface area is 159 Å². The first-order valence-electron chi connectivity index (χ1n) is 8.54. The Morgan fingerprint density at radius 3 is 1.82 bits per heavy atom. The Balaban J connectivity index is 0. The molecule has 4 nitrogen and oxygen atoms in total. The molecule has 0 saturated carbocycles. The maximum Gasteiger partial charge on any atom is 1.00 e. The van der Waals surface area contributed by atoms with E-state index in [1.54, 1.807) is 0 Å². The van der Waals surface area contributed by atoms with Crippen LogP contribution in [0.3, 0.4) is 0 Å². The molecule has 0 aliphatic carbocycles. The minimum atomic E-state index is -4.30. The van der Waals surface area contributed by atoms with Crippen LogP contribution in [0.15, 0.2) is 0 Å². The van der Waals surface area contributed by atoms with E-state index in [-0.39, 0.29) is 36.0 Å². The van der Waals surface area contributed by atoms with Crippen LogP contribution in [-0.2, 0) is 10.1 Å². The summed E-state index contributed by atoms with van der Waals surface area (Å²) in [5.74, 6) is 0. The van der Waals surface area contributed by atoms with Crippen LogP contribution in [0.2, 0.25) is 0 Å². The minimum Gasteiger partial charge on any atom is -0.748 e. The summed E-state index contributed by atoms with van der Waals surface area (Å²) in [7, 11) is -4.30. The molecule has 0 aromatic heterocycles. The molecule has 0 rings (SSSR count). The van der Waals surface area contributed by atoms with E-state index in [0.29, 0.717) is 12.8 Å². The van der Waals surface area contributed by atoms with Gasteiger partial charge in [0.15, 0.2) is 0 Å². The largest absolute Gasteiger partial charge is 1.00 e. The zero-order valence-electron chi connectivity index (χ0n) is 14.7. The van der Waals surface area contributed by atoms with Gasteiger partial charge in [-0.2, -0.15) is 0 Å². The second kappa shape index (κ2) is 15.4. The molecular formula is C16H33NaO4S. The van der Waals surface area contributed by atoms with Gasteiger partial charge >= 0.3 is 29.6 Å². The van der Waals surface area contributed by atoms with E-state index in [9.17, 15) is 18.1 Å². The third-order valence-corrected chi connectivity index (χ3v) is 5.21. The first-order valence-corrected chi connectivity index (χ1v) is 10.0. The Morgan fingerprint density at radius 1 is 0.864 bits per heavy atom. The van der Waals surface area contributed by atoms with Crippen molar-refractivity contribution in [3.63, 3.8) is 0 Å². The van der Waals surface area contributed by atoms with Gasteiger partial charge < -0.3 is 9.66 Å². The number of unbranched alkanes of at least 4 members (excludes halogenated alkanes) is 7. The van der Waals surface area contributed by atoms with Gasteiger partial charge in [0.1, 0.15) is 0 Å². The standard InChI is InChI=1S/C16H34O4S.Na/c1-3-5-7-9-11-13-16(21(18,19)20)14-15(17)12-10-8-6-4-2;/h15-17H,3-14H2,1-2H3,(H,18,19,20);/q;+1/p-1. The second-order valence-corrected chi connectivity index (χ2v) is 7.71. The van der Waals surface area contributed by atoms with E-state index in [0.717, 1.165) is 57.8 Å². The Kier molecular flexibility index (Phi) is 17.6. The molecule has 1 N–H and O–H groups in total. The van der Waals surface area contributed by atoms with Crippen molar-refractivity contribution in [1.29, 1.82) is 0 Å². The molecule has 0 saturated heterocycles. The Hall–Kier alpha value is 0.870. The fraction of sp³-hybridized carbons (Fsp3) is 1.00. The van der Waals surface area contributed by atoms with E-state index < -0.39 is 21.5 Å². The molecule has 128 valence electrons. The summed E-state index contributed by atoms with van der Waals surface area (Å²) in [5.41, 5.74) is 0. The van der Waals surface area contributed by atoms with Crippen molar-refractivity contribution in [3.8, 4) is 0 Å². The first kappa shape index (κ1) is 25.1. The summed E-state index contributed by atoms with van der Waals surface area (Å²) < 4.78 is 33.9. The van der Waals surface area contributed by atoms with Gasteiger partial charge in [-0.3, -0.25) is 0 Å². The van der Waals surface area contributed by atoms with Crippen LogP contribution in [0.1, 0.15) is 90.9 Å². The SMILES string of the molecule is CCCCCCCC(CC(O)CCCCCC)S(=O)(=O)[O-].[Na+]. The summed E-state index contributed by atoms with van der Waals surface area (Å²) in [6.07, 6.45) is 9.74. The average molecular weight is 344 g/mol. The summed E-state index contributed by atoms with van der Waals surface area (Å²) >= 11 is 0. The normalized spacial score (nSPS) is 14.4. The summed E-state index contributed by atoms with van der Waals surface area (Å²) in [4.78, 5) is 0. The topological polar surface area (TPSA) is 77.4 Å². The van der Waals surface area contributed by atoms with Crippen LogP contribution in [-0.4, -0.2) is 29.4 Å². The summed E-state index contributed by atoms with van der Waals surface area (Å²) in [6, 6.07) is 0. The molecule has 0 radical (unpaired) electrons. The van der Waals surface area contributed by atoms with Crippen LogP contribution in [0.4, 0.5) is 0 Å². The Morgan fingerprint density at radius 2 is 1.32 bits per heavy atom. The van der Waals surface area contributed by atoms with Crippen LogP contribution in [0, 0.1) is 0 Å². The van der Waals surface area contributed by atoms with Crippen LogP contribution in [0.5, 0.6) is 0 Å². The number of aliphatic hydroxyl groups is 1. The number of hydrogen-bond donors (Lipinski definition) is 1. The van der Waals surface area contributed by atoms with Gasteiger partial charge in [-0.05, 0) is 19.3 Å². The number of aliphatic hydroxyl groups excluding tert-OH is 1. The molecule has 0 bridgehead atoms. The molecule has 0 aliphatic heterocycles. The summed E-state index contributed by atoms with van der Waals surface area (Å²) in [5, 5.41) is 9.00. The molecule has 0 aliphatic rings. The molecule has 0 aromatic carbocycles. The van der Waals surface area contributed by atoms with Crippen molar-refractivity contribution in [3.05, 3.63) is 0 Å². The van der Waals surface area contributed by atoms with E-state index in [4.69, 9.17) is 0 Å². The van der Waals surface area contributed by atoms with Gasteiger partial charge in [0.05, 0.1) is 21.5 Å². The van der Waals surface area contributed by atoms with Crippen molar-refractivity contribution >= 4 is 10.1 Å². The van der Waals surface area contributed by atoms with Gasteiger partial charge in [0, 0.05) is 0 Å². The van der Waals surface area contributed by atoms with Crippen molar-refractivity contribution in [2.45, 2.75) is 102 Å². The van der Waals surface area contributed by atoms with E-state index in [2.05, 4.69) is 13.8 Å². The van der Waals surface area contributed by atoms with Gasteiger partial charge in [-0.15, -0.1) is 0 Å². The molecule has 0 fully saturated rings. The van der Waals surface area contributed by atoms with Gasteiger partial charge in [0.2, 0.25) is 0 Å². The maximum atomic E-state index is 11.3. The zero-order chi connectivity index (χ0) is 16.1. The molecule has 0 aromatic rings. The number of rotatable bonds is 14. The summed E-state index contributed by atoms with van der Waals surface area (Å²) in [6.45, 7) is 4.24. The first-order chi connectivity index (χ1) is 9.91. The molecule has 6 heteroatoms. The second-order valence-electron chi connectivity index (χ2n) is 6.06. The third-order valence-electron chi connectivity index (χ3n) is 3.96. The fourth-order valence-electron chi connectivity index (χ4n) is 2.58. The minimum absolute atomic E-state index is 0. The monoisotopic (exact) mass is 344 g/mol. The molecule has 2 atom stereocenters. The zero-order valence-corrected chi connectivity index (χ0v) is 17.5. The van der Waals surface area contributed by atoms with Crippen LogP contribution in [0.25, 0.3) is 0 Å². The maximum absolute atomic E-state index is 11.3. The predicted octanol–water partition coefficient (Wildman–Crippen LogP) is 0.986. The van der Waals surface area contributed by atoms with Crippen molar-refractivity contribution in [1.82, 2.24) is 0 Å². The molecule has 0 spiro atoms.